The van der Waals surface area contributed by atoms with Crippen molar-refractivity contribution in [2.75, 3.05) is 13.2 Å². The zero-order valence-electron chi connectivity index (χ0n) is 12.6. The highest BCUT2D eigenvalue weighted by Crippen LogP contribution is 2.21. The third-order valence-corrected chi connectivity index (χ3v) is 3.13. The molecule has 0 amide bonds. The Morgan fingerprint density at radius 1 is 1.13 bits per heavy atom. The Labute approximate surface area is 132 Å². The lowest BCUT2D eigenvalue weighted by molar-refractivity contribution is -0.137. The maximum Gasteiger partial charge on any atom is 0.336 e. The molecule has 0 aromatic heterocycles. The number of carboxylic acids is 2. The van der Waals surface area contributed by atoms with Crippen LogP contribution in [0.25, 0.3) is 0 Å². The van der Waals surface area contributed by atoms with Crippen LogP contribution in [0.15, 0.2) is 24.3 Å². The molecule has 0 aliphatic rings. The summed E-state index contributed by atoms with van der Waals surface area (Å²) in [6.45, 7) is 1.37. The van der Waals surface area contributed by atoms with Crippen LogP contribution in [0.3, 0.4) is 0 Å². The summed E-state index contributed by atoms with van der Waals surface area (Å²) in [4.78, 5) is 33.8. The standard InChI is InChI=1S/C16H18O7/c1-2-3-13(18)23-9-7-10-4-5-12(15(19)20)14(16(21)22)11(10)6-8-17/h2-5,17H,6-9H2,1H3,(H,19,20)(H,21,22). The smallest absolute Gasteiger partial charge is 0.336 e. The number of hydrogen-bond donors (Lipinski definition) is 3. The van der Waals surface area contributed by atoms with E-state index in [1.807, 2.05) is 0 Å². The molecule has 0 radical (unpaired) electrons. The van der Waals surface area contributed by atoms with Crippen LogP contribution in [-0.2, 0) is 22.4 Å². The Balaban J connectivity index is 3.12. The zero-order valence-corrected chi connectivity index (χ0v) is 12.6. The molecule has 7 heteroatoms. The zero-order chi connectivity index (χ0) is 17.4. The Morgan fingerprint density at radius 2 is 1.83 bits per heavy atom. The van der Waals surface area contributed by atoms with Gasteiger partial charge in [-0.1, -0.05) is 12.1 Å². The summed E-state index contributed by atoms with van der Waals surface area (Å²) < 4.78 is 4.95. The van der Waals surface area contributed by atoms with Gasteiger partial charge in [-0.3, -0.25) is 0 Å². The number of esters is 1. The number of carboxylic acid groups (broad SMARTS) is 2. The van der Waals surface area contributed by atoms with E-state index in [1.54, 1.807) is 6.92 Å². The molecule has 0 heterocycles. The van der Waals surface area contributed by atoms with Gasteiger partial charge in [0.2, 0.25) is 0 Å². The molecule has 0 spiro atoms. The van der Waals surface area contributed by atoms with Gasteiger partial charge in [-0.15, -0.1) is 0 Å². The largest absolute Gasteiger partial charge is 0.478 e. The Bertz CT molecular complexity index is 632. The second-order valence-electron chi connectivity index (χ2n) is 4.63. The van der Waals surface area contributed by atoms with Crippen molar-refractivity contribution >= 4 is 17.9 Å². The molecule has 0 saturated carbocycles. The van der Waals surface area contributed by atoms with E-state index in [0.29, 0.717) is 5.56 Å². The van der Waals surface area contributed by atoms with E-state index in [-0.39, 0.29) is 42.7 Å². The first-order valence-electron chi connectivity index (χ1n) is 6.94. The molecule has 3 N–H and O–H groups in total. The Morgan fingerprint density at radius 3 is 2.35 bits per heavy atom. The SMILES string of the molecule is CC=CC(=O)OCCc1ccc(C(=O)O)c(C(=O)O)c1CCO. The van der Waals surface area contributed by atoms with Gasteiger partial charge in [0, 0.05) is 19.1 Å². The van der Waals surface area contributed by atoms with E-state index in [4.69, 9.17) is 14.9 Å². The van der Waals surface area contributed by atoms with Gasteiger partial charge < -0.3 is 20.1 Å². The molecule has 0 aliphatic heterocycles. The summed E-state index contributed by atoms with van der Waals surface area (Å²) in [5.41, 5.74) is 0.0798. The minimum Gasteiger partial charge on any atom is -0.478 e. The van der Waals surface area contributed by atoms with Crippen molar-refractivity contribution in [3.8, 4) is 0 Å². The average Bonchev–Trinajstić information content (AvgIpc) is 2.48. The number of carbonyl (C=O) groups is 3. The van der Waals surface area contributed by atoms with E-state index >= 15 is 0 Å². The van der Waals surface area contributed by atoms with Crippen LogP contribution in [0.1, 0.15) is 38.8 Å². The number of benzene rings is 1. The first kappa shape index (κ1) is 18.4. The van der Waals surface area contributed by atoms with Crippen molar-refractivity contribution in [3.63, 3.8) is 0 Å². The molecule has 7 nitrogen and oxygen atoms in total. The second-order valence-corrected chi connectivity index (χ2v) is 4.63. The lowest BCUT2D eigenvalue weighted by atomic mass is 9.92. The number of aliphatic hydroxyl groups is 1. The maximum atomic E-state index is 11.4. The predicted octanol–water partition coefficient (Wildman–Crippen LogP) is 1.28. The summed E-state index contributed by atoms with van der Waals surface area (Å²) in [6.07, 6.45) is 3.01. The second kappa shape index (κ2) is 8.70. The predicted molar refractivity (Wildman–Crippen MR) is 80.6 cm³/mol. The van der Waals surface area contributed by atoms with Gasteiger partial charge in [0.25, 0.3) is 0 Å². The van der Waals surface area contributed by atoms with Crippen molar-refractivity contribution in [2.45, 2.75) is 19.8 Å². The Hall–Kier alpha value is -2.67. The van der Waals surface area contributed by atoms with Gasteiger partial charge in [-0.2, -0.15) is 0 Å². The van der Waals surface area contributed by atoms with Crippen LogP contribution in [0.5, 0.6) is 0 Å². The quantitative estimate of drug-likeness (QED) is 0.487. The molecule has 0 bridgehead atoms. The molecule has 1 aromatic rings. The molecular formula is C16H18O7. The molecule has 124 valence electrons. The number of rotatable bonds is 8. The average molecular weight is 322 g/mol. The lowest BCUT2D eigenvalue weighted by Crippen LogP contribution is -2.16. The van der Waals surface area contributed by atoms with Crippen molar-refractivity contribution in [2.24, 2.45) is 0 Å². The van der Waals surface area contributed by atoms with E-state index in [9.17, 15) is 19.5 Å². The highest BCUT2D eigenvalue weighted by atomic mass is 16.5. The number of hydrogen-bond acceptors (Lipinski definition) is 5. The summed E-state index contributed by atoms with van der Waals surface area (Å²) in [5.74, 6) is -3.25. The molecule has 23 heavy (non-hydrogen) atoms. The molecule has 1 aromatic carbocycles. The minimum atomic E-state index is -1.38. The lowest BCUT2D eigenvalue weighted by Gasteiger charge is -2.14. The number of aliphatic hydroxyl groups excluding tert-OH is 1. The summed E-state index contributed by atoms with van der Waals surface area (Å²) >= 11 is 0. The molecule has 0 fully saturated rings. The van der Waals surface area contributed by atoms with Crippen LogP contribution in [-0.4, -0.2) is 46.4 Å². The number of ether oxygens (including phenoxy) is 1. The third-order valence-electron chi connectivity index (χ3n) is 3.13. The molecule has 0 saturated heterocycles. The number of aromatic carboxylic acids is 2. The maximum absolute atomic E-state index is 11.4. The topological polar surface area (TPSA) is 121 Å². The van der Waals surface area contributed by atoms with Crippen molar-refractivity contribution < 1.29 is 34.4 Å². The van der Waals surface area contributed by atoms with E-state index in [1.165, 1.54) is 24.3 Å². The highest BCUT2D eigenvalue weighted by Gasteiger charge is 2.22. The van der Waals surface area contributed by atoms with Crippen LogP contribution in [0, 0.1) is 0 Å². The molecule has 0 aliphatic carbocycles. The first-order valence-corrected chi connectivity index (χ1v) is 6.94. The fraction of sp³-hybridized carbons (Fsp3) is 0.312. The van der Waals surface area contributed by atoms with E-state index in [0.717, 1.165) is 0 Å². The van der Waals surface area contributed by atoms with Crippen molar-refractivity contribution in [1.82, 2.24) is 0 Å². The van der Waals surface area contributed by atoms with Crippen LogP contribution in [0.2, 0.25) is 0 Å². The third kappa shape index (κ3) is 4.93. The first-order chi connectivity index (χ1) is 10.9. The monoisotopic (exact) mass is 322 g/mol. The molecular weight excluding hydrogens is 304 g/mol. The number of carbonyl (C=O) groups excluding carboxylic acids is 1. The molecule has 0 atom stereocenters. The van der Waals surface area contributed by atoms with Crippen molar-refractivity contribution in [1.29, 1.82) is 0 Å². The summed E-state index contributed by atoms with van der Waals surface area (Å²) in [5, 5.41) is 27.5. The van der Waals surface area contributed by atoms with E-state index in [2.05, 4.69) is 0 Å². The minimum absolute atomic E-state index is 0.000889. The van der Waals surface area contributed by atoms with Crippen molar-refractivity contribution in [3.05, 3.63) is 46.5 Å². The van der Waals surface area contributed by atoms with Crippen LogP contribution in [0.4, 0.5) is 0 Å². The fourth-order valence-corrected chi connectivity index (χ4v) is 2.19. The van der Waals surface area contributed by atoms with Gasteiger partial charge in [-0.05, 0) is 30.5 Å². The van der Waals surface area contributed by atoms with E-state index < -0.39 is 17.9 Å². The van der Waals surface area contributed by atoms with Gasteiger partial charge in [0.05, 0.1) is 17.7 Å². The Kier molecular flexibility index (Phi) is 6.95. The fourth-order valence-electron chi connectivity index (χ4n) is 2.19. The number of allylic oxidation sites excluding steroid dienone is 1. The van der Waals surface area contributed by atoms with Gasteiger partial charge in [0.1, 0.15) is 0 Å². The van der Waals surface area contributed by atoms with Gasteiger partial charge in [-0.25, -0.2) is 14.4 Å². The molecule has 1 rings (SSSR count). The van der Waals surface area contributed by atoms with Crippen LogP contribution < -0.4 is 0 Å². The van der Waals surface area contributed by atoms with Gasteiger partial charge >= 0.3 is 17.9 Å². The molecule has 0 unspecified atom stereocenters. The summed E-state index contributed by atoms with van der Waals surface area (Å²) in [6, 6.07) is 2.68. The summed E-state index contributed by atoms with van der Waals surface area (Å²) in [7, 11) is 0. The van der Waals surface area contributed by atoms with Gasteiger partial charge in [0.15, 0.2) is 0 Å². The highest BCUT2D eigenvalue weighted by molar-refractivity contribution is 6.03. The normalized spacial score (nSPS) is 10.7. The van der Waals surface area contributed by atoms with Crippen LogP contribution >= 0.6 is 0 Å².